The monoisotopic (exact) mass is 1530 g/mol. The van der Waals surface area contributed by atoms with E-state index in [2.05, 4.69) is 412 Å². The lowest BCUT2D eigenvalue weighted by atomic mass is 9.33. The average Bonchev–Trinajstić information content (AvgIpc) is 0.919. The number of anilines is 9. The molecule has 0 saturated heterocycles. The number of benzene rings is 16. The van der Waals surface area contributed by atoms with E-state index in [1.165, 1.54) is 27.5 Å². The normalized spacial score (nSPS) is 13.8. The minimum absolute atomic E-state index is 0.000766. The zero-order valence-electron chi connectivity index (χ0n) is 76.8. The van der Waals surface area contributed by atoms with Crippen LogP contribution in [0.2, 0.25) is 0 Å². The Hall–Kier alpha value is -13.4. The summed E-state index contributed by atoms with van der Waals surface area (Å²) in [4.78, 5) is 7.49. The Kier molecular flexibility index (Phi) is 15.5. The fourth-order valence-electron chi connectivity index (χ4n) is 18.2. The first kappa shape index (κ1) is 64.8. The number of fused-ring (bicyclic) bond motifs is 10. The molecule has 2 aliphatic rings. The molecule has 118 heavy (non-hydrogen) atoms. The highest BCUT2D eigenvalue weighted by atomic mass is 15.2. The van der Waals surface area contributed by atoms with E-state index in [0.29, 0.717) is 5.69 Å². The zero-order chi connectivity index (χ0) is 87.6. The Bertz CT molecular complexity index is 7180. The van der Waals surface area contributed by atoms with E-state index in [-0.39, 0.29) is 55.6 Å². The van der Waals surface area contributed by atoms with E-state index in [0.717, 1.165) is 145 Å². The molecule has 16 aromatic carbocycles. The fraction of sp³-hybridized carbons (Fsp3) is 0.143. The lowest BCUT2D eigenvalue weighted by Crippen LogP contribution is -2.61. The van der Waals surface area contributed by atoms with Crippen LogP contribution in [-0.4, -0.2) is 15.8 Å². The van der Waals surface area contributed by atoms with E-state index in [1.807, 2.05) is 6.07 Å². The molecule has 0 amide bonds. The molecule has 0 radical (unpaired) electrons. The Morgan fingerprint density at radius 2 is 0.602 bits per heavy atom. The molecule has 6 heteroatoms. The van der Waals surface area contributed by atoms with Gasteiger partial charge in [-0.25, -0.2) is 0 Å². The van der Waals surface area contributed by atoms with Crippen LogP contribution >= 0.6 is 0 Å². The lowest BCUT2D eigenvalue weighted by molar-refractivity contribution is 0.569. The van der Waals surface area contributed by atoms with Gasteiger partial charge in [0.25, 0.3) is 6.71 Å². The maximum atomic E-state index is 10.0. The summed E-state index contributed by atoms with van der Waals surface area (Å²) >= 11 is 0. The molecule has 0 spiro atoms. The van der Waals surface area contributed by atoms with Crippen molar-refractivity contribution >= 4 is 118 Å². The van der Waals surface area contributed by atoms with E-state index in [4.69, 9.17) is 0 Å². The van der Waals surface area contributed by atoms with Gasteiger partial charge < -0.3 is 23.8 Å². The average molecular weight is 1530 g/mol. The van der Waals surface area contributed by atoms with Gasteiger partial charge in [0.15, 0.2) is 0 Å². The summed E-state index contributed by atoms with van der Waals surface area (Å²) in [5, 5.41) is 2.38. The lowest BCUT2D eigenvalue weighted by Gasteiger charge is -2.46. The largest absolute Gasteiger partial charge is 0.310 e. The maximum Gasteiger partial charge on any atom is 0.252 e. The summed E-state index contributed by atoms with van der Waals surface area (Å²) in [6.45, 7) is 26.9. The smallest absolute Gasteiger partial charge is 0.252 e. The van der Waals surface area contributed by atoms with Gasteiger partial charge in [-0.2, -0.15) is 0 Å². The maximum absolute atomic E-state index is 10.0. The Morgan fingerprint density at radius 1 is 0.263 bits per heavy atom. The quantitative estimate of drug-likeness (QED) is 0.114. The number of nitrogens with zero attached hydrogens (tertiary/aromatic N) is 5. The van der Waals surface area contributed by atoms with Gasteiger partial charge in [0.05, 0.1) is 44.4 Å². The first-order valence-corrected chi connectivity index (χ1v) is 41.2. The standard InChI is InChI=1S/C112H96BN5/c1-109(2,3)79-62-77(63-80(66-79)110(4,5)6)78-64-104-106-105(65-78)118(108-94(75-40-22-15-23-41-75)69-82(112(10,11)12)70-95(108)76-42-24-16-25-43-76)103-72-87(116-100-52-34-30-48-90(100)91-49-31-35-53-101(91)116)59-61-97(103)113(106)96-60-58-86(71-102(96)117(104)107-92(73-36-18-13-19-37-73)67-81(111(7,8)9)68-93(107)74-38-20-14-21-39-74)114(83-44-26-17-27-45-83)84-54-56-85(57-55-84)115-98-50-32-28-46-88(98)89-47-29-33-51-99(89)115/h13-72H,1-12H3/i30D,31D,34D,35D,48D,49D,52D,53D. The van der Waals surface area contributed by atoms with Crippen molar-refractivity contribution in [3.8, 4) is 67.0 Å². The first-order valence-electron chi connectivity index (χ1n) is 45.2. The SMILES string of the molecule is [2H]c1c([2H])c([2H])c2c(c1[2H])c1c([2H])c([2H])c([2H])c([2H])c1n2-c1ccc2c(c1)N(c1c(-c3ccccc3)cc(C(C)(C)C)cc1-c1ccccc1)c1cc(-c3cc(C(C)(C)C)cc(C(C)(C)C)c3)cc3c1B2c1ccc(N(c2ccccc2)c2ccc(-n4c5ccccc5c5ccccc54)cc2)cc1N3c1c(-c2ccccc2)cc(C(C)(C)C)cc1-c1ccccc1. The van der Waals surface area contributed by atoms with Gasteiger partial charge in [0.1, 0.15) is 0 Å². The molecule has 0 unspecified atom stereocenters. The van der Waals surface area contributed by atoms with Crippen molar-refractivity contribution in [2.45, 2.75) is 105 Å². The number of aromatic nitrogens is 2. The third-order valence-corrected chi connectivity index (χ3v) is 24.3. The Morgan fingerprint density at radius 3 is 1.03 bits per heavy atom. The second kappa shape index (κ2) is 28.2. The van der Waals surface area contributed by atoms with E-state index in [1.54, 1.807) is 4.57 Å². The number of hydrogen-bond donors (Lipinski definition) is 0. The molecule has 0 fully saturated rings. The predicted molar refractivity (Wildman–Crippen MR) is 506 cm³/mol. The molecule has 4 heterocycles. The topological polar surface area (TPSA) is 19.6 Å². The molecule has 2 aliphatic heterocycles. The second-order valence-corrected chi connectivity index (χ2v) is 36.0. The van der Waals surface area contributed by atoms with Gasteiger partial charge in [0, 0.05) is 95.0 Å². The highest BCUT2D eigenvalue weighted by molar-refractivity contribution is 7.00. The van der Waals surface area contributed by atoms with Crippen LogP contribution < -0.4 is 31.1 Å². The molecule has 0 N–H and O–H groups in total. The summed E-state index contributed by atoms with van der Waals surface area (Å²) in [6.07, 6.45) is 0. The van der Waals surface area contributed by atoms with Gasteiger partial charge in [-0.1, -0.05) is 326 Å². The molecule has 0 saturated carbocycles. The van der Waals surface area contributed by atoms with Crippen molar-refractivity contribution in [2.24, 2.45) is 0 Å². The Labute approximate surface area is 706 Å². The summed E-state index contributed by atoms with van der Waals surface area (Å²) < 4.78 is 80.9. The summed E-state index contributed by atoms with van der Waals surface area (Å²) in [7, 11) is 0. The third kappa shape index (κ3) is 12.5. The molecule has 572 valence electrons. The molecule has 0 aliphatic carbocycles. The first-order chi connectivity index (χ1) is 60.4. The summed E-state index contributed by atoms with van der Waals surface area (Å²) in [6, 6.07) is 112. The molecule has 20 rings (SSSR count). The van der Waals surface area contributed by atoms with Crippen molar-refractivity contribution in [2.75, 3.05) is 14.7 Å². The minimum Gasteiger partial charge on any atom is -0.310 e. The van der Waals surface area contributed by atoms with E-state index >= 15 is 0 Å². The van der Waals surface area contributed by atoms with E-state index in [9.17, 15) is 11.0 Å². The van der Waals surface area contributed by atoms with Crippen LogP contribution in [0.5, 0.6) is 0 Å². The van der Waals surface area contributed by atoms with Gasteiger partial charge in [-0.15, -0.1) is 0 Å². The van der Waals surface area contributed by atoms with Gasteiger partial charge in [0.2, 0.25) is 0 Å². The zero-order valence-corrected chi connectivity index (χ0v) is 68.8. The van der Waals surface area contributed by atoms with Crippen LogP contribution in [0.15, 0.2) is 364 Å². The van der Waals surface area contributed by atoms with Crippen molar-refractivity contribution in [1.82, 2.24) is 9.13 Å². The predicted octanol–water partition coefficient (Wildman–Crippen LogP) is 29.0. The molecule has 2 aromatic heterocycles. The molecule has 18 aromatic rings. The van der Waals surface area contributed by atoms with Crippen molar-refractivity contribution in [3.63, 3.8) is 0 Å². The van der Waals surface area contributed by atoms with Gasteiger partial charge >= 0.3 is 0 Å². The molecular weight excluding hydrogens is 1430 g/mol. The summed E-state index contributed by atoms with van der Waals surface area (Å²) in [5.74, 6) is 0. The van der Waals surface area contributed by atoms with Crippen molar-refractivity contribution in [3.05, 3.63) is 386 Å². The highest BCUT2D eigenvalue weighted by Crippen LogP contribution is 2.57. The van der Waals surface area contributed by atoms with Crippen LogP contribution in [0.4, 0.5) is 51.2 Å². The molecule has 0 bridgehead atoms. The summed E-state index contributed by atoms with van der Waals surface area (Å²) in [5.41, 5.74) is 28.2. The number of rotatable bonds is 12. The van der Waals surface area contributed by atoms with Crippen LogP contribution in [0, 0.1) is 0 Å². The Balaban J connectivity index is 0.985. The van der Waals surface area contributed by atoms with Crippen LogP contribution in [0.3, 0.4) is 0 Å². The minimum atomic E-state index is -0.581. The number of hydrogen-bond acceptors (Lipinski definition) is 3. The number of para-hydroxylation sites is 5. The van der Waals surface area contributed by atoms with Crippen molar-refractivity contribution < 1.29 is 11.0 Å². The van der Waals surface area contributed by atoms with Crippen LogP contribution in [0.1, 0.15) is 116 Å². The third-order valence-electron chi connectivity index (χ3n) is 24.3. The molecule has 0 atom stereocenters. The van der Waals surface area contributed by atoms with Crippen molar-refractivity contribution in [1.29, 1.82) is 0 Å². The van der Waals surface area contributed by atoms with Crippen LogP contribution in [-0.2, 0) is 21.7 Å². The second-order valence-electron chi connectivity index (χ2n) is 36.0. The van der Waals surface area contributed by atoms with E-state index < -0.39 is 43.0 Å². The fourth-order valence-corrected chi connectivity index (χ4v) is 18.2. The van der Waals surface area contributed by atoms with Gasteiger partial charge in [-0.05, 0) is 215 Å². The highest BCUT2D eigenvalue weighted by Gasteiger charge is 2.47. The molecule has 5 nitrogen and oxygen atoms in total. The van der Waals surface area contributed by atoms with Crippen LogP contribution in [0.25, 0.3) is 111 Å². The molecular formula is C112H96BN5. The van der Waals surface area contributed by atoms with Gasteiger partial charge in [-0.3, -0.25) is 0 Å².